The van der Waals surface area contributed by atoms with E-state index < -0.39 is 6.04 Å². The lowest BCUT2D eigenvalue weighted by Crippen LogP contribution is -2.35. The van der Waals surface area contributed by atoms with Crippen molar-refractivity contribution in [1.29, 1.82) is 0 Å². The molecule has 1 heterocycles. The molecule has 0 saturated heterocycles. The van der Waals surface area contributed by atoms with Gasteiger partial charge >= 0.3 is 0 Å². The van der Waals surface area contributed by atoms with Gasteiger partial charge in [-0.2, -0.15) is 0 Å². The fraction of sp³-hybridized carbons (Fsp3) is 0.130. The van der Waals surface area contributed by atoms with Crippen LogP contribution in [0.2, 0.25) is 0 Å². The van der Waals surface area contributed by atoms with Crippen LogP contribution in [0.5, 0.6) is 0 Å². The van der Waals surface area contributed by atoms with Crippen molar-refractivity contribution in [2.24, 2.45) is 0 Å². The van der Waals surface area contributed by atoms with Crippen molar-refractivity contribution < 1.29 is 9.18 Å². The summed E-state index contributed by atoms with van der Waals surface area (Å²) in [6, 6.07) is 18.9. The number of anilines is 1. The first kappa shape index (κ1) is 19.3. The first-order chi connectivity index (χ1) is 13.6. The van der Waals surface area contributed by atoms with Crippen LogP contribution < -0.4 is 10.6 Å². The summed E-state index contributed by atoms with van der Waals surface area (Å²) in [5.41, 5.74) is 2.30. The topological polar surface area (TPSA) is 54.0 Å². The predicted molar refractivity (Wildman–Crippen MR) is 109 cm³/mol. The number of rotatable bonds is 4. The summed E-state index contributed by atoms with van der Waals surface area (Å²) in [7, 11) is 1.70. The van der Waals surface area contributed by atoms with Gasteiger partial charge in [-0.1, -0.05) is 42.3 Å². The van der Waals surface area contributed by atoms with Crippen LogP contribution in [-0.4, -0.2) is 24.0 Å². The minimum atomic E-state index is -0.391. The second-order valence-corrected chi connectivity index (χ2v) is 6.22. The maximum absolute atomic E-state index is 14.3. The third-order valence-corrected chi connectivity index (χ3v) is 4.20. The van der Waals surface area contributed by atoms with E-state index in [2.05, 4.69) is 27.5 Å². The Morgan fingerprint density at radius 2 is 1.75 bits per heavy atom. The molecule has 0 fully saturated rings. The number of pyridine rings is 1. The highest BCUT2D eigenvalue weighted by Crippen LogP contribution is 2.25. The number of hydrogen-bond acceptors (Lipinski definition) is 3. The number of nitrogens with one attached hydrogen (secondary N) is 2. The summed E-state index contributed by atoms with van der Waals surface area (Å²) in [5.74, 6) is 5.77. The fourth-order valence-corrected chi connectivity index (χ4v) is 2.53. The van der Waals surface area contributed by atoms with E-state index in [0.29, 0.717) is 22.6 Å². The van der Waals surface area contributed by atoms with Gasteiger partial charge in [-0.05, 0) is 55.8 Å². The van der Waals surface area contributed by atoms with Crippen molar-refractivity contribution >= 4 is 11.7 Å². The van der Waals surface area contributed by atoms with Crippen molar-refractivity contribution in [3.8, 4) is 23.0 Å². The fourth-order valence-electron chi connectivity index (χ4n) is 2.53. The summed E-state index contributed by atoms with van der Waals surface area (Å²) in [4.78, 5) is 16.6. The number of carbonyl (C=O) groups excluding carboxylic acids is 1. The molecule has 1 atom stereocenters. The lowest BCUT2D eigenvalue weighted by molar-refractivity contribution is -0.117. The normalized spacial score (nSPS) is 11.2. The molecule has 4 nitrogen and oxygen atoms in total. The Morgan fingerprint density at radius 1 is 1.04 bits per heavy atom. The summed E-state index contributed by atoms with van der Waals surface area (Å²) in [5, 5.41) is 5.63. The van der Waals surface area contributed by atoms with Crippen LogP contribution in [0, 0.1) is 17.7 Å². The highest BCUT2D eigenvalue weighted by atomic mass is 19.1. The maximum Gasteiger partial charge on any atom is 0.242 e. The van der Waals surface area contributed by atoms with Gasteiger partial charge < -0.3 is 10.6 Å². The standard InChI is InChI=1S/C23H20FN3O/c1-16(25-2)23(28)27-22-15-18(20-10-6-7-11-21(20)24)14-19(26-22)13-12-17-8-4-3-5-9-17/h3-11,14-16,25H,1-2H3,(H,26,27,28). The van der Waals surface area contributed by atoms with E-state index in [-0.39, 0.29) is 11.7 Å². The lowest BCUT2D eigenvalue weighted by Gasteiger charge is -2.12. The van der Waals surface area contributed by atoms with E-state index in [4.69, 9.17) is 0 Å². The molecule has 2 N–H and O–H groups in total. The molecule has 3 rings (SSSR count). The van der Waals surface area contributed by atoms with Crippen molar-refractivity contribution in [3.05, 3.63) is 83.8 Å². The Hall–Kier alpha value is -3.49. The van der Waals surface area contributed by atoms with Gasteiger partial charge in [0.05, 0.1) is 6.04 Å². The zero-order valence-corrected chi connectivity index (χ0v) is 15.7. The maximum atomic E-state index is 14.3. The molecule has 1 aromatic heterocycles. The van der Waals surface area contributed by atoms with Crippen LogP contribution in [0.3, 0.4) is 0 Å². The third-order valence-electron chi connectivity index (χ3n) is 4.20. The molecule has 0 spiro atoms. The van der Waals surface area contributed by atoms with Crippen molar-refractivity contribution in [2.75, 3.05) is 12.4 Å². The molecular formula is C23H20FN3O. The highest BCUT2D eigenvalue weighted by molar-refractivity contribution is 5.94. The van der Waals surface area contributed by atoms with Crippen molar-refractivity contribution in [2.45, 2.75) is 13.0 Å². The van der Waals surface area contributed by atoms with Crippen molar-refractivity contribution in [1.82, 2.24) is 10.3 Å². The summed E-state index contributed by atoms with van der Waals surface area (Å²) < 4.78 is 14.3. The Bertz CT molecular complexity index is 1040. The number of amides is 1. The Labute approximate surface area is 163 Å². The SMILES string of the molecule is CNC(C)C(=O)Nc1cc(-c2ccccc2F)cc(C#Cc2ccccc2)n1. The molecule has 0 aliphatic rings. The van der Waals surface area contributed by atoms with Gasteiger partial charge in [0.1, 0.15) is 17.3 Å². The second-order valence-electron chi connectivity index (χ2n) is 6.22. The van der Waals surface area contributed by atoms with E-state index in [1.807, 2.05) is 30.3 Å². The minimum Gasteiger partial charge on any atom is -0.309 e. The predicted octanol–water partition coefficient (Wildman–Crippen LogP) is 3.83. The molecule has 3 aromatic rings. The van der Waals surface area contributed by atoms with Crippen molar-refractivity contribution in [3.63, 3.8) is 0 Å². The summed E-state index contributed by atoms with van der Waals surface area (Å²) >= 11 is 0. The number of nitrogens with zero attached hydrogens (tertiary/aromatic N) is 1. The molecule has 28 heavy (non-hydrogen) atoms. The smallest absolute Gasteiger partial charge is 0.242 e. The molecule has 1 unspecified atom stereocenters. The number of hydrogen-bond donors (Lipinski definition) is 2. The molecular weight excluding hydrogens is 353 g/mol. The van der Waals surface area contributed by atoms with Gasteiger partial charge in [0.15, 0.2) is 0 Å². The lowest BCUT2D eigenvalue weighted by atomic mass is 10.0. The number of aromatic nitrogens is 1. The molecule has 0 aliphatic heterocycles. The Balaban J connectivity index is 2.03. The van der Waals surface area contributed by atoms with Gasteiger partial charge in [-0.25, -0.2) is 9.37 Å². The van der Waals surface area contributed by atoms with Crippen LogP contribution in [-0.2, 0) is 4.79 Å². The van der Waals surface area contributed by atoms with Crippen LogP contribution >= 0.6 is 0 Å². The monoisotopic (exact) mass is 373 g/mol. The quantitative estimate of drug-likeness (QED) is 0.684. The first-order valence-corrected chi connectivity index (χ1v) is 8.89. The van der Waals surface area contributed by atoms with E-state index in [1.165, 1.54) is 6.07 Å². The average Bonchev–Trinajstić information content (AvgIpc) is 2.72. The molecule has 0 saturated carbocycles. The number of likely N-dealkylation sites (N-methyl/N-ethyl adjacent to an activating group) is 1. The Morgan fingerprint density at radius 3 is 2.46 bits per heavy atom. The average molecular weight is 373 g/mol. The summed E-state index contributed by atoms with van der Waals surface area (Å²) in [6.07, 6.45) is 0. The zero-order chi connectivity index (χ0) is 19.9. The molecule has 2 aromatic carbocycles. The third kappa shape index (κ3) is 4.81. The van der Waals surface area contributed by atoms with Gasteiger partial charge in [-0.3, -0.25) is 4.79 Å². The highest BCUT2D eigenvalue weighted by Gasteiger charge is 2.13. The van der Waals surface area contributed by atoms with Crippen LogP contribution in [0.4, 0.5) is 10.2 Å². The molecule has 1 amide bonds. The number of carbonyl (C=O) groups is 1. The van der Waals surface area contributed by atoms with Gasteiger partial charge in [0, 0.05) is 11.1 Å². The minimum absolute atomic E-state index is 0.234. The van der Waals surface area contributed by atoms with Crippen LogP contribution in [0.15, 0.2) is 66.7 Å². The van der Waals surface area contributed by atoms with E-state index >= 15 is 0 Å². The van der Waals surface area contributed by atoms with Gasteiger partial charge in [0.2, 0.25) is 5.91 Å². The molecule has 0 bridgehead atoms. The second kappa shape index (κ2) is 8.94. The van der Waals surface area contributed by atoms with E-state index in [9.17, 15) is 9.18 Å². The summed E-state index contributed by atoms with van der Waals surface area (Å²) in [6.45, 7) is 1.74. The van der Waals surface area contributed by atoms with E-state index in [0.717, 1.165) is 5.56 Å². The largest absolute Gasteiger partial charge is 0.309 e. The molecule has 0 aliphatic carbocycles. The van der Waals surface area contributed by atoms with Gasteiger partial charge in [-0.15, -0.1) is 0 Å². The van der Waals surface area contributed by atoms with Crippen LogP contribution in [0.1, 0.15) is 18.2 Å². The molecule has 0 radical (unpaired) electrons. The number of halogens is 1. The van der Waals surface area contributed by atoms with Gasteiger partial charge in [0.25, 0.3) is 0 Å². The molecule has 5 heteroatoms. The molecule has 140 valence electrons. The van der Waals surface area contributed by atoms with Crippen LogP contribution in [0.25, 0.3) is 11.1 Å². The first-order valence-electron chi connectivity index (χ1n) is 8.89. The Kier molecular flexibility index (Phi) is 6.15. The number of benzene rings is 2. The zero-order valence-electron chi connectivity index (χ0n) is 15.7. The van der Waals surface area contributed by atoms with E-state index in [1.54, 1.807) is 44.3 Å².